The van der Waals surface area contributed by atoms with Crippen molar-refractivity contribution in [3.63, 3.8) is 0 Å². The van der Waals surface area contributed by atoms with E-state index in [4.69, 9.17) is 0 Å². The van der Waals surface area contributed by atoms with Crippen LogP contribution in [0.1, 0.15) is 6.42 Å². The molecule has 1 fully saturated rings. The number of carbonyl (C=O) groups excluding carboxylic acids is 2. The summed E-state index contributed by atoms with van der Waals surface area (Å²) in [6, 6.07) is 13.7. The number of benzene rings is 2. The van der Waals surface area contributed by atoms with Crippen LogP contribution >= 0.6 is 11.8 Å². The van der Waals surface area contributed by atoms with Gasteiger partial charge in [0, 0.05) is 19.2 Å². The van der Waals surface area contributed by atoms with E-state index in [0.29, 0.717) is 5.17 Å². The van der Waals surface area contributed by atoms with Crippen LogP contribution in [0.3, 0.4) is 0 Å². The van der Waals surface area contributed by atoms with Crippen molar-refractivity contribution >= 4 is 45.2 Å². The highest BCUT2D eigenvalue weighted by Crippen LogP contribution is 2.23. The van der Waals surface area contributed by atoms with Gasteiger partial charge >= 0.3 is 0 Å². The van der Waals surface area contributed by atoms with E-state index in [1.165, 1.54) is 11.8 Å². The Morgan fingerprint density at radius 3 is 2.82 bits per heavy atom. The van der Waals surface area contributed by atoms with Crippen molar-refractivity contribution in [2.75, 3.05) is 12.4 Å². The molecule has 1 heterocycles. The number of carbonyl (C=O) groups is 2. The van der Waals surface area contributed by atoms with Crippen molar-refractivity contribution < 1.29 is 9.59 Å². The highest BCUT2D eigenvalue weighted by atomic mass is 32.2. The number of hydrogen-bond acceptors (Lipinski definition) is 4. The van der Waals surface area contributed by atoms with Crippen molar-refractivity contribution in [3.05, 3.63) is 42.5 Å². The Labute approximate surface area is 132 Å². The fraction of sp³-hybridized carbons (Fsp3) is 0.188. The minimum Gasteiger partial charge on any atom is -0.325 e. The van der Waals surface area contributed by atoms with E-state index in [0.717, 1.165) is 16.5 Å². The number of nitrogens with zero attached hydrogens (tertiary/aromatic N) is 1. The van der Waals surface area contributed by atoms with Crippen molar-refractivity contribution in [1.29, 1.82) is 0 Å². The Kier molecular flexibility index (Phi) is 4.11. The third kappa shape index (κ3) is 3.12. The Bertz CT molecular complexity index is 773. The molecule has 112 valence electrons. The first-order chi connectivity index (χ1) is 10.7. The van der Waals surface area contributed by atoms with Crippen LogP contribution < -0.4 is 10.6 Å². The lowest BCUT2D eigenvalue weighted by molar-refractivity contribution is -0.123. The largest absolute Gasteiger partial charge is 0.325 e. The molecule has 0 bridgehead atoms. The zero-order valence-electron chi connectivity index (χ0n) is 12.0. The van der Waals surface area contributed by atoms with Gasteiger partial charge in [0.1, 0.15) is 5.25 Å². The quantitative estimate of drug-likeness (QED) is 0.894. The number of thioether (sulfide) groups is 1. The van der Waals surface area contributed by atoms with Gasteiger partial charge in [-0.3, -0.25) is 14.6 Å². The molecular formula is C16H15N3O2S. The Morgan fingerprint density at radius 1 is 1.27 bits per heavy atom. The Balaban J connectivity index is 1.76. The van der Waals surface area contributed by atoms with Crippen molar-refractivity contribution in [1.82, 2.24) is 5.32 Å². The summed E-state index contributed by atoms with van der Waals surface area (Å²) in [7, 11) is 1.59. The number of anilines is 1. The minimum absolute atomic E-state index is 0.156. The van der Waals surface area contributed by atoms with Crippen LogP contribution in [-0.2, 0) is 9.59 Å². The molecule has 2 amide bonds. The molecule has 0 aliphatic carbocycles. The zero-order valence-corrected chi connectivity index (χ0v) is 12.8. The number of rotatable bonds is 2. The molecule has 0 radical (unpaired) electrons. The SMILES string of the molecule is CN=C1NC(=O)C[C@@H](C(=O)Nc2ccc3ccccc3c2)S1. The number of hydrogen-bond donors (Lipinski definition) is 2. The predicted molar refractivity (Wildman–Crippen MR) is 90.1 cm³/mol. The third-order valence-corrected chi connectivity index (χ3v) is 4.56. The van der Waals surface area contributed by atoms with Crippen LogP contribution in [0.15, 0.2) is 47.5 Å². The lowest BCUT2D eigenvalue weighted by Gasteiger charge is -2.22. The lowest BCUT2D eigenvalue weighted by Crippen LogP contribution is -2.41. The van der Waals surface area contributed by atoms with Gasteiger partial charge in [0.15, 0.2) is 5.17 Å². The monoisotopic (exact) mass is 313 g/mol. The first kappa shape index (κ1) is 14.6. The molecule has 6 heteroatoms. The molecule has 5 nitrogen and oxygen atoms in total. The van der Waals surface area contributed by atoms with Crippen LogP contribution in [0.4, 0.5) is 5.69 Å². The molecule has 1 aliphatic rings. The van der Waals surface area contributed by atoms with Crippen LogP contribution in [0.25, 0.3) is 10.8 Å². The highest BCUT2D eigenvalue weighted by molar-refractivity contribution is 8.15. The molecule has 3 rings (SSSR count). The zero-order chi connectivity index (χ0) is 15.5. The van der Waals surface area contributed by atoms with Gasteiger partial charge in [-0.25, -0.2) is 0 Å². The average molecular weight is 313 g/mol. The van der Waals surface area contributed by atoms with Gasteiger partial charge in [-0.1, -0.05) is 42.1 Å². The second-order valence-electron chi connectivity index (χ2n) is 4.94. The molecule has 0 spiro atoms. The maximum absolute atomic E-state index is 12.3. The summed E-state index contributed by atoms with van der Waals surface area (Å²) in [5.41, 5.74) is 0.727. The van der Waals surface area contributed by atoms with E-state index in [9.17, 15) is 9.59 Å². The van der Waals surface area contributed by atoms with Gasteiger partial charge in [0.25, 0.3) is 0 Å². The molecule has 0 aromatic heterocycles. The average Bonchev–Trinajstić information content (AvgIpc) is 2.54. The molecular weight excluding hydrogens is 298 g/mol. The Hall–Kier alpha value is -2.34. The first-order valence-electron chi connectivity index (χ1n) is 6.88. The van der Waals surface area contributed by atoms with Crippen LogP contribution in [0.2, 0.25) is 0 Å². The van der Waals surface area contributed by atoms with E-state index in [1.807, 2.05) is 42.5 Å². The van der Waals surface area contributed by atoms with Crippen LogP contribution in [0.5, 0.6) is 0 Å². The van der Waals surface area contributed by atoms with Gasteiger partial charge in [-0.2, -0.15) is 0 Å². The molecule has 2 aromatic carbocycles. The third-order valence-electron chi connectivity index (χ3n) is 3.38. The predicted octanol–water partition coefficient (Wildman–Crippen LogP) is 2.39. The topological polar surface area (TPSA) is 70.6 Å². The summed E-state index contributed by atoms with van der Waals surface area (Å²) in [4.78, 5) is 27.9. The van der Waals surface area contributed by atoms with Crippen molar-refractivity contribution in [2.45, 2.75) is 11.7 Å². The minimum atomic E-state index is -0.459. The lowest BCUT2D eigenvalue weighted by atomic mass is 10.1. The molecule has 1 saturated heterocycles. The van der Waals surface area contributed by atoms with Gasteiger partial charge in [0.05, 0.1) is 0 Å². The molecule has 2 aromatic rings. The molecule has 22 heavy (non-hydrogen) atoms. The smallest absolute Gasteiger partial charge is 0.238 e. The molecule has 1 atom stereocenters. The van der Waals surface area contributed by atoms with E-state index >= 15 is 0 Å². The maximum atomic E-state index is 12.3. The summed E-state index contributed by atoms with van der Waals surface area (Å²) in [5.74, 6) is -0.366. The van der Waals surface area contributed by atoms with E-state index < -0.39 is 5.25 Å². The fourth-order valence-electron chi connectivity index (χ4n) is 2.29. The summed E-state index contributed by atoms with van der Waals surface area (Å²) >= 11 is 1.27. The number of fused-ring (bicyclic) bond motifs is 1. The maximum Gasteiger partial charge on any atom is 0.238 e. The number of amidine groups is 1. The van der Waals surface area contributed by atoms with E-state index in [2.05, 4.69) is 15.6 Å². The summed E-state index contributed by atoms with van der Waals surface area (Å²) in [6.07, 6.45) is 0.156. The van der Waals surface area contributed by atoms with Gasteiger partial charge in [-0.15, -0.1) is 0 Å². The van der Waals surface area contributed by atoms with Crippen molar-refractivity contribution in [3.8, 4) is 0 Å². The molecule has 2 N–H and O–H groups in total. The van der Waals surface area contributed by atoms with Gasteiger partial charge < -0.3 is 10.6 Å². The van der Waals surface area contributed by atoms with Crippen molar-refractivity contribution in [2.24, 2.45) is 4.99 Å². The highest BCUT2D eigenvalue weighted by Gasteiger charge is 2.29. The second kappa shape index (κ2) is 6.19. The Morgan fingerprint density at radius 2 is 2.05 bits per heavy atom. The number of amides is 2. The normalized spacial score (nSPS) is 20.0. The van der Waals surface area contributed by atoms with Crippen LogP contribution in [0, 0.1) is 0 Å². The molecule has 0 unspecified atom stereocenters. The van der Waals surface area contributed by atoms with E-state index in [1.54, 1.807) is 7.05 Å². The summed E-state index contributed by atoms with van der Waals surface area (Å²) in [5, 5.41) is 7.71. The summed E-state index contributed by atoms with van der Waals surface area (Å²) < 4.78 is 0. The summed E-state index contributed by atoms with van der Waals surface area (Å²) in [6.45, 7) is 0. The second-order valence-corrected chi connectivity index (χ2v) is 6.13. The number of aliphatic imine (C=N–C) groups is 1. The molecule has 0 saturated carbocycles. The number of nitrogens with one attached hydrogen (secondary N) is 2. The van der Waals surface area contributed by atoms with E-state index in [-0.39, 0.29) is 18.2 Å². The van der Waals surface area contributed by atoms with Gasteiger partial charge in [0.2, 0.25) is 11.8 Å². The standard InChI is InChI=1S/C16H15N3O2S/c1-17-16-19-14(20)9-13(22-16)15(21)18-12-7-6-10-4-2-3-5-11(10)8-12/h2-8,13H,9H2,1H3,(H,18,21)(H,17,19,20)/t13-/m0/s1. The fourth-order valence-corrected chi connectivity index (χ4v) is 3.24. The van der Waals surface area contributed by atoms with Crippen LogP contribution in [-0.4, -0.2) is 29.3 Å². The van der Waals surface area contributed by atoms with Gasteiger partial charge in [-0.05, 0) is 22.9 Å². The molecule has 1 aliphatic heterocycles. The first-order valence-corrected chi connectivity index (χ1v) is 7.76.